The summed E-state index contributed by atoms with van der Waals surface area (Å²) in [6, 6.07) is 0. The van der Waals surface area contributed by atoms with Gasteiger partial charge in [0.1, 0.15) is 0 Å². The molecule has 1 atom stereocenters. The quantitative estimate of drug-likeness (QED) is 0.668. The van der Waals surface area contributed by atoms with Crippen LogP contribution >= 0.6 is 0 Å². The molecule has 0 amide bonds. The third-order valence-electron chi connectivity index (χ3n) is 3.00. The summed E-state index contributed by atoms with van der Waals surface area (Å²) in [7, 11) is 0. The highest BCUT2D eigenvalue weighted by atomic mass is 16.3. The van der Waals surface area contributed by atoms with Crippen LogP contribution in [-0.2, 0) is 0 Å². The first-order valence-electron chi connectivity index (χ1n) is 6.33. The van der Waals surface area contributed by atoms with Crippen LogP contribution in [0.1, 0.15) is 73.6 Å². The number of hydrogen-bond donors (Lipinski definition) is 1. The molecular formula is C13H30O. The van der Waals surface area contributed by atoms with Gasteiger partial charge in [-0.1, -0.05) is 53.9 Å². The molecule has 0 radical (unpaired) electrons. The molecule has 1 saturated carbocycles. The van der Waals surface area contributed by atoms with Gasteiger partial charge >= 0.3 is 0 Å². The monoisotopic (exact) mass is 202 g/mol. The van der Waals surface area contributed by atoms with Gasteiger partial charge in [-0.2, -0.15) is 0 Å². The van der Waals surface area contributed by atoms with Crippen molar-refractivity contribution in [3.05, 3.63) is 0 Å². The van der Waals surface area contributed by atoms with Crippen LogP contribution in [0.5, 0.6) is 0 Å². The zero-order valence-corrected chi connectivity index (χ0v) is 11.1. The molecule has 0 aromatic heterocycles. The van der Waals surface area contributed by atoms with Crippen LogP contribution < -0.4 is 0 Å². The van der Waals surface area contributed by atoms with Crippen LogP contribution in [0, 0.1) is 5.41 Å². The van der Waals surface area contributed by atoms with E-state index in [4.69, 9.17) is 0 Å². The molecule has 88 valence electrons. The van der Waals surface area contributed by atoms with Crippen LogP contribution in [0.25, 0.3) is 0 Å². The second kappa shape index (κ2) is 9.51. The maximum Gasteiger partial charge on any atom is 0.0565 e. The van der Waals surface area contributed by atoms with E-state index in [-0.39, 0.29) is 11.5 Å². The lowest BCUT2D eigenvalue weighted by molar-refractivity contribution is 0.0235. The number of aliphatic hydroxyl groups excluding tert-OH is 1. The molecule has 0 bridgehead atoms. The Morgan fingerprint density at radius 3 is 1.50 bits per heavy atom. The van der Waals surface area contributed by atoms with Crippen molar-refractivity contribution in [1.29, 1.82) is 0 Å². The van der Waals surface area contributed by atoms with Gasteiger partial charge in [-0.15, -0.1) is 0 Å². The van der Waals surface area contributed by atoms with E-state index in [0.29, 0.717) is 0 Å². The van der Waals surface area contributed by atoms with Crippen LogP contribution in [0.4, 0.5) is 0 Å². The molecule has 0 aromatic carbocycles. The Kier molecular flexibility index (Phi) is 11.1. The highest BCUT2D eigenvalue weighted by molar-refractivity contribution is 4.82. The van der Waals surface area contributed by atoms with Crippen LogP contribution in [-0.4, -0.2) is 11.2 Å². The Morgan fingerprint density at radius 1 is 0.929 bits per heavy atom. The third kappa shape index (κ3) is 5.64. The first kappa shape index (κ1) is 16.4. The molecule has 0 heterocycles. The van der Waals surface area contributed by atoms with E-state index in [1.54, 1.807) is 0 Å². The molecule has 1 rings (SSSR count). The van der Waals surface area contributed by atoms with Gasteiger partial charge in [0, 0.05) is 0 Å². The van der Waals surface area contributed by atoms with E-state index in [9.17, 15) is 5.11 Å². The Labute approximate surface area is 90.9 Å². The predicted octanol–water partition coefficient (Wildman–Crippen LogP) is 4.39. The lowest BCUT2D eigenvalue weighted by atomic mass is 9.72. The fraction of sp³-hybridized carbons (Fsp3) is 1.00. The number of rotatable bonds is 1. The molecule has 1 aliphatic rings. The van der Waals surface area contributed by atoms with Crippen molar-refractivity contribution in [1.82, 2.24) is 0 Å². The molecule has 0 aromatic rings. The summed E-state index contributed by atoms with van der Waals surface area (Å²) in [5.74, 6) is 0. The maximum atomic E-state index is 9.44. The zero-order chi connectivity index (χ0) is 11.6. The minimum Gasteiger partial charge on any atom is -0.393 e. The first-order valence-corrected chi connectivity index (χ1v) is 6.33. The van der Waals surface area contributed by atoms with E-state index in [2.05, 4.69) is 6.92 Å². The third-order valence-corrected chi connectivity index (χ3v) is 3.00. The van der Waals surface area contributed by atoms with Crippen molar-refractivity contribution in [2.45, 2.75) is 79.8 Å². The molecule has 1 N–H and O–H groups in total. The Bertz CT molecular complexity index is 102. The summed E-state index contributed by atoms with van der Waals surface area (Å²) < 4.78 is 0. The average molecular weight is 202 g/mol. The predicted molar refractivity (Wildman–Crippen MR) is 65.6 cm³/mol. The summed E-state index contributed by atoms with van der Waals surface area (Å²) in [5.41, 5.74) is 0.234. The van der Waals surface area contributed by atoms with Crippen molar-refractivity contribution >= 4 is 0 Å². The smallest absolute Gasteiger partial charge is 0.0565 e. The lowest BCUT2D eigenvalue weighted by Crippen LogP contribution is -2.31. The van der Waals surface area contributed by atoms with Gasteiger partial charge in [-0.25, -0.2) is 0 Å². The lowest BCUT2D eigenvalue weighted by Gasteiger charge is -2.36. The molecule has 1 fully saturated rings. The molecule has 0 spiro atoms. The molecule has 1 heteroatoms. The van der Waals surface area contributed by atoms with Gasteiger partial charge < -0.3 is 5.11 Å². The summed E-state index contributed by atoms with van der Waals surface area (Å²) >= 11 is 0. The van der Waals surface area contributed by atoms with Crippen molar-refractivity contribution in [2.24, 2.45) is 5.41 Å². The van der Waals surface area contributed by atoms with Gasteiger partial charge in [0.25, 0.3) is 0 Å². The van der Waals surface area contributed by atoms with E-state index in [1.807, 2.05) is 34.6 Å². The summed E-state index contributed by atoms with van der Waals surface area (Å²) in [6.45, 7) is 12.1. The second-order valence-corrected chi connectivity index (χ2v) is 3.89. The number of hydrogen-bond acceptors (Lipinski definition) is 1. The SMILES string of the molecule is CC.CC.CC(O)C1(C)CCCCC1. The van der Waals surface area contributed by atoms with Gasteiger partial charge in [0.15, 0.2) is 0 Å². The molecule has 0 aliphatic heterocycles. The molecule has 1 nitrogen and oxygen atoms in total. The highest BCUT2D eigenvalue weighted by Gasteiger charge is 2.31. The summed E-state index contributed by atoms with van der Waals surface area (Å²) in [4.78, 5) is 0. The zero-order valence-electron chi connectivity index (χ0n) is 11.1. The maximum absolute atomic E-state index is 9.44. The van der Waals surface area contributed by atoms with Crippen LogP contribution in [0.3, 0.4) is 0 Å². The van der Waals surface area contributed by atoms with E-state index >= 15 is 0 Å². The molecule has 1 aliphatic carbocycles. The van der Waals surface area contributed by atoms with Crippen LogP contribution in [0.15, 0.2) is 0 Å². The summed E-state index contributed by atoms with van der Waals surface area (Å²) in [5, 5.41) is 9.44. The topological polar surface area (TPSA) is 20.2 Å². The van der Waals surface area contributed by atoms with Gasteiger partial charge in [-0.3, -0.25) is 0 Å². The van der Waals surface area contributed by atoms with Crippen molar-refractivity contribution in [2.75, 3.05) is 0 Å². The first-order chi connectivity index (χ1) is 6.65. The standard InChI is InChI=1S/C9H18O.2C2H6/c1-8(10)9(2)6-4-3-5-7-9;2*1-2/h8,10H,3-7H2,1-2H3;2*1-2H3. The van der Waals surface area contributed by atoms with Crippen LogP contribution in [0.2, 0.25) is 0 Å². The van der Waals surface area contributed by atoms with Gasteiger partial charge in [-0.05, 0) is 25.2 Å². The van der Waals surface area contributed by atoms with E-state index < -0.39 is 0 Å². The van der Waals surface area contributed by atoms with E-state index in [0.717, 1.165) is 0 Å². The minimum absolute atomic E-state index is 0.118. The van der Waals surface area contributed by atoms with Crippen molar-refractivity contribution in [3.63, 3.8) is 0 Å². The van der Waals surface area contributed by atoms with Crippen molar-refractivity contribution in [3.8, 4) is 0 Å². The minimum atomic E-state index is -0.118. The molecule has 1 unspecified atom stereocenters. The Hall–Kier alpha value is -0.0400. The molecule has 14 heavy (non-hydrogen) atoms. The largest absolute Gasteiger partial charge is 0.393 e. The normalized spacial score (nSPS) is 20.8. The van der Waals surface area contributed by atoms with Gasteiger partial charge in [0.05, 0.1) is 6.10 Å². The van der Waals surface area contributed by atoms with Gasteiger partial charge in [0.2, 0.25) is 0 Å². The number of aliphatic hydroxyl groups is 1. The Balaban J connectivity index is 0. The average Bonchev–Trinajstić information content (AvgIpc) is 2.25. The fourth-order valence-corrected chi connectivity index (χ4v) is 1.78. The van der Waals surface area contributed by atoms with Crippen molar-refractivity contribution < 1.29 is 5.11 Å². The second-order valence-electron chi connectivity index (χ2n) is 3.89. The molecular weight excluding hydrogens is 172 g/mol. The molecule has 0 saturated heterocycles. The fourth-order valence-electron chi connectivity index (χ4n) is 1.78. The highest BCUT2D eigenvalue weighted by Crippen LogP contribution is 2.38. The summed E-state index contributed by atoms with van der Waals surface area (Å²) in [6.07, 6.45) is 6.29. The Morgan fingerprint density at radius 2 is 1.29 bits per heavy atom. The van der Waals surface area contributed by atoms with E-state index in [1.165, 1.54) is 32.1 Å².